The number of hydrogen-bond acceptors (Lipinski definition) is 8. The van der Waals surface area contributed by atoms with Gasteiger partial charge in [0.05, 0.1) is 21.7 Å². The predicted octanol–water partition coefficient (Wildman–Crippen LogP) is 5.86. The molecule has 0 radical (unpaired) electrons. The number of rotatable bonds is 12. The second kappa shape index (κ2) is 12.3. The summed E-state index contributed by atoms with van der Waals surface area (Å²) in [6, 6.07) is 13.6. The molecule has 0 atom stereocenters. The lowest BCUT2D eigenvalue weighted by Gasteiger charge is -2.22. The minimum Gasteiger partial charge on any atom is -0.454 e. The van der Waals surface area contributed by atoms with Crippen molar-refractivity contribution in [2.75, 3.05) is 24.8 Å². The maximum absolute atomic E-state index is 13.9. The van der Waals surface area contributed by atoms with Gasteiger partial charge in [-0.25, -0.2) is 13.4 Å². The summed E-state index contributed by atoms with van der Waals surface area (Å²) in [5, 5.41) is 0.509. The highest BCUT2D eigenvalue weighted by Crippen LogP contribution is 2.40. The summed E-state index contributed by atoms with van der Waals surface area (Å²) in [5.41, 5.74) is 1.91. The molecule has 2 aromatic carbocycles. The lowest BCUT2D eigenvalue weighted by Crippen LogP contribution is -2.33. The summed E-state index contributed by atoms with van der Waals surface area (Å²) in [6.07, 6.45) is 6.80. The summed E-state index contributed by atoms with van der Waals surface area (Å²) in [5.74, 6) is 0.982. The average molecular weight is 581 g/mol. The molecule has 0 spiro atoms. The smallest absolute Gasteiger partial charge is 0.260 e. The van der Waals surface area contributed by atoms with Crippen LogP contribution in [0.15, 0.2) is 65.8 Å². The van der Waals surface area contributed by atoms with Crippen LogP contribution in [0, 0.1) is 0 Å². The summed E-state index contributed by atoms with van der Waals surface area (Å²) in [7, 11) is -3.67. The van der Waals surface area contributed by atoms with Crippen molar-refractivity contribution in [2.24, 2.45) is 0 Å². The minimum atomic E-state index is -3.67. The Morgan fingerprint density at radius 1 is 1.00 bits per heavy atom. The Bertz CT molecular complexity index is 1520. The second-order valence-electron chi connectivity index (χ2n) is 9.56. The third kappa shape index (κ3) is 5.96. The molecular weight excluding hydrogens is 548 g/mol. The number of amides is 1. The van der Waals surface area contributed by atoms with Crippen molar-refractivity contribution < 1.29 is 22.7 Å². The molecule has 2 aromatic heterocycles. The van der Waals surface area contributed by atoms with E-state index >= 15 is 0 Å². The number of benzene rings is 2. The number of nitrogens with zero attached hydrogens (tertiary/aromatic N) is 4. The van der Waals surface area contributed by atoms with E-state index in [1.165, 1.54) is 23.5 Å². The summed E-state index contributed by atoms with van der Waals surface area (Å²) in [6.45, 7) is 5.47. The number of thiazole rings is 1. The maximum Gasteiger partial charge on any atom is 0.260 e. The zero-order chi connectivity index (χ0) is 28.1. The number of hydrogen-bond donors (Lipinski definition) is 0. The molecule has 210 valence electrons. The lowest BCUT2D eigenvalue weighted by atomic mass is 10.2. The van der Waals surface area contributed by atoms with Gasteiger partial charge < -0.3 is 9.47 Å². The monoisotopic (exact) mass is 580 g/mol. The molecular formula is C29H32N4O5S2. The summed E-state index contributed by atoms with van der Waals surface area (Å²) in [4.78, 5) is 24.6. The SMILES string of the molecule is CCCCN(CCCC)S(=O)(=O)c1ccc(C(=O)N(Cc2cccnc2)c2nc3cc4c(cc3s2)OCO4)cc1. The van der Waals surface area contributed by atoms with Crippen LogP contribution in [0.5, 0.6) is 11.5 Å². The number of sulfonamides is 1. The van der Waals surface area contributed by atoms with Crippen LogP contribution in [0.25, 0.3) is 10.2 Å². The maximum atomic E-state index is 13.9. The van der Waals surface area contributed by atoms with Crippen molar-refractivity contribution in [2.45, 2.75) is 51.0 Å². The van der Waals surface area contributed by atoms with Crippen molar-refractivity contribution in [3.63, 3.8) is 0 Å². The minimum absolute atomic E-state index is 0.172. The van der Waals surface area contributed by atoms with Gasteiger partial charge >= 0.3 is 0 Å². The molecule has 0 saturated heterocycles. The van der Waals surface area contributed by atoms with Crippen molar-refractivity contribution in [3.8, 4) is 11.5 Å². The van der Waals surface area contributed by atoms with Crippen molar-refractivity contribution in [1.82, 2.24) is 14.3 Å². The fraction of sp³-hybridized carbons (Fsp3) is 0.345. The van der Waals surface area contributed by atoms with Crippen LogP contribution in [0.4, 0.5) is 5.13 Å². The third-order valence-corrected chi connectivity index (χ3v) is 9.63. The molecule has 1 amide bonds. The molecule has 4 aromatic rings. The Hall–Kier alpha value is -3.54. The number of unbranched alkanes of at least 4 members (excludes halogenated alkanes) is 2. The van der Waals surface area contributed by atoms with Crippen LogP contribution in [0.2, 0.25) is 0 Å². The van der Waals surface area contributed by atoms with E-state index < -0.39 is 10.0 Å². The number of anilines is 1. The van der Waals surface area contributed by atoms with Crippen LogP contribution in [-0.4, -0.2) is 48.5 Å². The topological polar surface area (TPSA) is 102 Å². The first kappa shape index (κ1) is 28.0. The molecule has 0 fully saturated rings. The van der Waals surface area contributed by atoms with Crippen LogP contribution in [0.3, 0.4) is 0 Å². The van der Waals surface area contributed by atoms with Gasteiger partial charge in [0, 0.05) is 43.2 Å². The van der Waals surface area contributed by atoms with E-state index in [0.29, 0.717) is 40.8 Å². The Kier molecular flexibility index (Phi) is 8.63. The van der Waals surface area contributed by atoms with Gasteiger partial charge in [0.25, 0.3) is 5.91 Å². The van der Waals surface area contributed by atoms with Crippen LogP contribution in [-0.2, 0) is 16.6 Å². The van der Waals surface area contributed by atoms with E-state index in [-0.39, 0.29) is 24.1 Å². The van der Waals surface area contributed by atoms with E-state index in [9.17, 15) is 13.2 Å². The molecule has 0 bridgehead atoms. The van der Waals surface area contributed by atoms with Gasteiger partial charge in [0.1, 0.15) is 0 Å². The second-order valence-corrected chi connectivity index (χ2v) is 12.5. The third-order valence-electron chi connectivity index (χ3n) is 6.67. The number of ether oxygens (including phenoxy) is 2. The Morgan fingerprint density at radius 3 is 2.35 bits per heavy atom. The number of fused-ring (bicyclic) bond motifs is 2. The van der Waals surface area contributed by atoms with E-state index in [4.69, 9.17) is 14.5 Å². The van der Waals surface area contributed by atoms with Gasteiger partial charge in [-0.15, -0.1) is 0 Å². The molecule has 11 heteroatoms. The van der Waals surface area contributed by atoms with Crippen molar-refractivity contribution >= 4 is 42.6 Å². The van der Waals surface area contributed by atoms with Crippen LogP contribution in [0.1, 0.15) is 55.5 Å². The Labute approximate surface area is 238 Å². The van der Waals surface area contributed by atoms with Crippen LogP contribution < -0.4 is 14.4 Å². The van der Waals surface area contributed by atoms with Gasteiger partial charge in [-0.1, -0.05) is 44.1 Å². The van der Waals surface area contributed by atoms with E-state index in [2.05, 4.69) is 4.98 Å². The molecule has 1 aliphatic rings. The number of carbonyl (C=O) groups is 1. The van der Waals surface area contributed by atoms with Crippen LogP contribution >= 0.6 is 11.3 Å². The highest BCUT2D eigenvalue weighted by atomic mass is 32.2. The first-order valence-electron chi connectivity index (χ1n) is 13.4. The standard InChI is InChI=1S/C29H32N4O5S2/c1-3-5-14-32(15-6-4-2)40(35,36)23-11-9-22(10-12-23)28(34)33(19-21-8-7-13-30-18-21)29-31-24-16-25-26(38-20-37-25)17-27(24)39-29/h7-13,16-18H,3-6,14-15,19-20H2,1-2H3. The van der Waals surface area contributed by atoms with E-state index in [1.807, 2.05) is 38.1 Å². The zero-order valence-electron chi connectivity index (χ0n) is 22.6. The van der Waals surface area contributed by atoms with Crippen molar-refractivity contribution in [3.05, 3.63) is 72.1 Å². The number of pyridine rings is 1. The zero-order valence-corrected chi connectivity index (χ0v) is 24.2. The molecule has 0 aliphatic carbocycles. The van der Waals surface area contributed by atoms with E-state index in [1.54, 1.807) is 33.7 Å². The lowest BCUT2D eigenvalue weighted by molar-refractivity contribution is 0.0985. The quantitative estimate of drug-likeness (QED) is 0.207. The normalized spacial score (nSPS) is 12.8. The molecule has 5 rings (SSSR count). The molecule has 3 heterocycles. The number of carbonyl (C=O) groups excluding carboxylic acids is 1. The fourth-order valence-electron chi connectivity index (χ4n) is 4.42. The van der Waals surface area contributed by atoms with Gasteiger partial charge in [-0.05, 0) is 48.7 Å². The largest absolute Gasteiger partial charge is 0.454 e. The summed E-state index contributed by atoms with van der Waals surface area (Å²) >= 11 is 1.38. The molecule has 1 aliphatic heterocycles. The number of aromatic nitrogens is 2. The van der Waals surface area contributed by atoms with E-state index in [0.717, 1.165) is 35.9 Å². The molecule has 0 N–H and O–H groups in total. The van der Waals surface area contributed by atoms with Gasteiger partial charge in [-0.3, -0.25) is 14.7 Å². The molecule has 0 saturated carbocycles. The van der Waals surface area contributed by atoms with Crippen molar-refractivity contribution in [1.29, 1.82) is 0 Å². The fourth-order valence-corrected chi connectivity index (χ4v) is 6.91. The molecule has 0 unspecified atom stereocenters. The Morgan fingerprint density at radius 2 is 1.70 bits per heavy atom. The van der Waals surface area contributed by atoms with Gasteiger partial charge in [0.15, 0.2) is 16.6 Å². The first-order chi connectivity index (χ1) is 19.4. The average Bonchev–Trinajstić information content (AvgIpc) is 3.60. The van der Waals surface area contributed by atoms with Gasteiger partial charge in [-0.2, -0.15) is 4.31 Å². The predicted molar refractivity (Wildman–Crippen MR) is 156 cm³/mol. The van der Waals surface area contributed by atoms with Gasteiger partial charge in [0.2, 0.25) is 16.8 Å². The first-order valence-corrected chi connectivity index (χ1v) is 15.7. The Balaban J connectivity index is 1.45. The highest BCUT2D eigenvalue weighted by Gasteiger charge is 2.26. The highest BCUT2D eigenvalue weighted by molar-refractivity contribution is 7.89. The summed E-state index contributed by atoms with van der Waals surface area (Å²) < 4.78 is 40.2. The molecule has 40 heavy (non-hydrogen) atoms. The molecule has 9 nitrogen and oxygen atoms in total.